The zero-order valence-corrected chi connectivity index (χ0v) is 10.4. The number of carbonyl (C=O) groups is 2. The first-order valence-corrected chi connectivity index (χ1v) is 6.09. The van der Waals surface area contributed by atoms with E-state index in [0.29, 0.717) is 5.92 Å². The summed E-state index contributed by atoms with van der Waals surface area (Å²) in [6.07, 6.45) is 3.27. The number of nitrogens with one attached hydrogen (secondary N) is 1. The fourth-order valence-electron chi connectivity index (χ4n) is 2.30. The molecule has 1 rings (SSSR count). The number of rotatable bonds is 5. The van der Waals surface area contributed by atoms with Crippen LogP contribution in [0.2, 0.25) is 0 Å². The highest BCUT2D eigenvalue weighted by molar-refractivity contribution is 5.80. The van der Waals surface area contributed by atoms with Crippen molar-refractivity contribution in [3.05, 3.63) is 0 Å². The third kappa shape index (κ3) is 4.00. The van der Waals surface area contributed by atoms with Crippen LogP contribution in [-0.2, 0) is 14.3 Å². The van der Waals surface area contributed by atoms with Crippen LogP contribution in [0, 0.1) is 11.8 Å². The quantitative estimate of drug-likeness (QED) is 0.756. The predicted molar refractivity (Wildman–Crippen MR) is 62.6 cm³/mol. The maximum Gasteiger partial charge on any atom is 0.334 e. The van der Waals surface area contributed by atoms with Gasteiger partial charge in [-0.1, -0.05) is 19.8 Å². The summed E-state index contributed by atoms with van der Waals surface area (Å²) in [5.41, 5.74) is 0. The molecule has 5 heteroatoms. The SMILES string of the molecule is COC(CNC(=O)C1CCCCC1C)C(=O)O. The molecule has 2 N–H and O–H groups in total. The van der Waals surface area contributed by atoms with Crippen molar-refractivity contribution in [1.82, 2.24) is 5.32 Å². The number of carboxylic acid groups (broad SMARTS) is 1. The molecule has 0 heterocycles. The fraction of sp³-hybridized carbons (Fsp3) is 0.833. The van der Waals surface area contributed by atoms with Gasteiger partial charge in [-0.25, -0.2) is 4.79 Å². The van der Waals surface area contributed by atoms with E-state index in [4.69, 9.17) is 9.84 Å². The average Bonchev–Trinajstić information content (AvgIpc) is 2.29. The molecule has 0 spiro atoms. The lowest BCUT2D eigenvalue weighted by atomic mass is 9.80. The Balaban J connectivity index is 2.40. The summed E-state index contributed by atoms with van der Waals surface area (Å²) in [5, 5.41) is 11.4. The monoisotopic (exact) mass is 243 g/mol. The number of hydrogen-bond donors (Lipinski definition) is 2. The van der Waals surface area contributed by atoms with E-state index in [-0.39, 0.29) is 18.4 Å². The zero-order valence-electron chi connectivity index (χ0n) is 10.4. The number of carbonyl (C=O) groups excluding carboxylic acids is 1. The first-order valence-electron chi connectivity index (χ1n) is 6.09. The minimum absolute atomic E-state index is 0.0232. The molecule has 1 saturated carbocycles. The number of ether oxygens (including phenoxy) is 1. The molecule has 0 aliphatic heterocycles. The number of hydrogen-bond acceptors (Lipinski definition) is 3. The van der Waals surface area contributed by atoms with Crippen molar-refractivity contribution < 1.29 is 19.4 Å². The van der Waals surface area contributed by atoms with Crippen molar-refractivity contribution >= 4 is 11.9 Å². The van der Waals surface area contributed by atoms with Gasteiger partial charge in [0.25, 0.3) is 0 Å². The predicted octanol–water partition coefficient (Wildman–Crippen LogP) is 1.03. The highest BCUT2D eigenvalue weighted by Gasteiger charge is 2.28. The van der Waals surface area contributed by atoms with Gasteiger partial charge in [-0.05, 0) is 18.8 Å². The number of methoxy groups -OCH3 is 1. The third-order valence-electron chi connectivity index (χ3n) is 3.47. The zero-order chi connectivity index (χ0) is 12.8. The Morgan fingerprint density at radius 2 is 2.06 bits per heavy atom. The van der Waals surface area contributed by atoms with Gasteiger partial charge in [0.2, 0.25) is 5.91 Å². The molecule has 0 aromatic heterocycles. The summed E-state index contributed by atoms with van der Waals surface area (Å²) < 4.78 is 4.76. The van der Waals surface area contributed by atoms with E-state index in [9.17, 15) is 9.59 Å². The number of aliphatic carboxylic acids is 1. The van der Waals surface area contributed by atoms with Crippen molar-refractivity contribution in [3.63, 3.8) is 0 Å². The molecule has 17 heavy (non-hydrogen) atoms. The van der Waals surface area contributed by atoms with Crippen molar-refractivity contribution in [3.8, 4) is 0 Å². The summed E-state index contributed by atoms with van der Waals surface area (Å²) in [6, 6.07) is 0. The molecule has 5 nitrogen and oxygen atoms in total. The Morgan fingerprint density at radius 1 is 1.41 bits per heavy atom. The second-order valence-electron chi connectivity index (χ2n) is 4.68. The second-order valence-corrected chi connectivity index (χ2v) is 4.68. The van der Waals surface area contributed by atoms with Gasteiger partial charge in [-0.15, -0.1) is 0 Å². The van der Waals surface area contributed by atoms with Crippen LogP contribution in [0.3, 0.4) is 0 Å². The molecule has 98 valence electrons. The highest BCUT2D eigenvalue weighted by atomic mass is 16.5. The lowest BCUT2D eigenvalue weighted by Crippen LogP contribution is -2.42. The van der Waals surface area contributed by atoms with Crippen LogP contribution < -0.4 is 5.32 Å². The molecule has 0 aromatic carbocycles. The molecular formula is C12H21NO4. The molecule has 0 radical (unpaired) electrons. The number of amides is 1. The number of carboxylic acids is 1. The average molecular weight is 243 g/mol. The smallest absolute Gasteiger partial charge is 0.334 e. The Labute approximate surface area is 102 Å². The summed E-state index contributed by atoms with van der Waals surface area (Å²) in [6.45, 7) is 2.11. The molecule has 0 bridgehead atoms. The van der Waals surface area contributed by atoms with Crippen molar-refractivity contribution in [2.24, 2.45) is 11.8 Å². The molecule has 0 aromatic rings. The normalized spacial score (nSPS) is 26.2. The highest BCUT2D eigenvalue weighted by Crippen LogP contribution is 2.29. The Hall–Kier alpha value is -1.10. The molecule has 1 aliphatic rings. The third-order valence-corrected chi connectivity index (χ3v) is 3.47. The molecule has 1 aliphatic carbocycles. The van der Waals surface area contributed by atoms with Crippen LogP contribution in [0.4, 0.5) is 0 Å². The van der Waals surface area contributed by atoms with Crippen LogP contribution in [0.1, 0.15) is 32.6 Å². The Kier molecular flexibility index (Phi) is 5.41. The summed E-state index contributed by atoms with van der Waals surface area (Å²) in [7, 11) is 1.33. The molecule has 3 unspecified atom stereocenters. The van der Waals surface area contributed by atoms with Gasteiger partial charge in [0.1, 0.15) is 0 Å². The largest absolute Gasteiger partial charge is 0.479 e. The van der Waals surface area contributed by atoms with Gasteiger partial charge in [0.15, 0.2) is 6.10 Å². The van der Waals surface area contributed by atoms with E-state index >= 15 is 0 Å². The van der Waals surface area contributed by atoms with Crippen LogP contribution in [0.25, 0.3) is 0 Å². The van der Waals surface area contributed by atoms with Gasteiger partial charge in [-0.2, -0.15) is 0 Å². The molecule has 1 amide bonds. The van der Waals surface area contributed by atoms with Crippen LogP contribution in [-0.4, -0.2) is 36.7 Å². The minimum Gasteiger partial charge on any atom is -0.479 e. The van der Waals surface area contributed by atoms with E-state index in [1.54, 1.807) is 0 Å². The standard InChI is InChI=1S/C12H21NO4/c1-8-5-3-4-6-9(8)11(14)13-7-10(17-2)12(15)16/h8-10H,3-7H2,1-2H3,(H,13,14)(H,15,16). The topological polar surface area (TPSA) is 75.6 Å². The minimum atomic E-state index is -1.05. The Bertz CT molecular complexity index is 280. The van der Waals surface area contributed by atoms with E-state index < -0.39 is 12.1 Å². The lowest BCUT2D eigenvalue weighted by molar-refractivity contribution is -0.148. The van der Waals surface area contributed by atoms with Gasteiger partial charge < -0.3 is 15.2 Å². The second kappa shape index (κ2) is 6.59. The van der Waals surface area contributed by atoms with Crippen molar-refractivity contribution in [2.45, 2.75) is 38.7 Å². The first kappa shape index (κ1) is 14.0. The molecule has 3 atom stereocenters. The van der Waals surface area contributed by atoms with Gasteiger partial charge in [0.05, 0.1) is 6.54 Å². The Morgan fingerprint density at radius 3 is 2.59 bits per heavy atom. The fourth-order valence-corrected chi connectivity index (χ4v) is 2.30. The first-order chi connectivity index (χ1) is 8.06. The van der Waals surface area contributed by atoms with Gasteiger partial charge in [-0.3, -0.25) is 4.79 Å². The molecule has 1 fully saturated rings. The lowest BCUT2D eigenvalue weighted by Gasteiger charge is -2.27. The van der Waals surface area contributed by atoms with Crippen LogP contribution >= 0.6 is 0 Å². The van der Waals surface area contributed by atoms with E-state index in [1.165, 1.54) is 13.5 Å². The molecular weight excluding hydrogens is 222 g/mol. The maximum absolute atomic E-state index is 11.9. The van der Waals surface area contributed by atoms with Crippen LogP contribution in [0.15, 0.2) is 0 Å². The van der Waals surface area contributed by atoms with Gasteiger partial charge in [0, 0.05) is 13.0 Å². The summed E-state index contributed by atoms with van der Waals surface area (Å²) >= 11 is 0. The summed E-state index contributed by atoms with van der Waals surface area (Å²) in [5.74, 6) is -0.686. The van der Waals surface area contributed by atoms with E-state index in [2.05, 4.69) is 12.2 Å². The van der Waals surface area contributed by atoms with Crippen LogP contribution in [0.5, 0.6) is 0 Å². The van der Waals surface area contributed by atoms with Crippen molar-refractivity contribution in [1.29, 1.82) is 0 Å². The summed E-state index contributed by atoms with van der Waals surface area (Å²) in [4.78, 5) is 22.6. The van der Waals surface area contributed by atoms with Crippen molar-refractivity contribution in [2.75, 3.05) is 13.7 Å². The molecule has 0 saturated heterocycles. The van der Waals surface area contributed by atoms with E-state index in [0.717, 1.165) is 19.3 Å². The van der Waals surface area contributed by atoms with E-state index in [1.807, 2.05) is 0 Å². The maximum atomic E-state index is 11.9. The van der Waals surface area contributed by atoms with Gasteiger partial charge >= 0.3 is 5.97 Å².